The van der Waals surface area contributed by atoms with Crippen molar-refractivity contribution in [1.82, 2.24) is 23.8 Å². The fourth-order valence-electron chi connectivity index (χ4n) is 2.28. The van der Waals surface area contributed by atoms with Crippen molar-refractivity contribution in [3.63, 3.8) is 0 Å². The van der Waals surface area contributed by atoms with Crippen LogP contribution in [0.25, 0.3) is 22.5 Å². The Kier molecular flexibility index (Phi) is 4.90. The molecule has 0 fully saturated rings. The van der Waals surface area contributed by atoms with Crippen LogP contribution in [0.2, 0.25) is 0 Å². The van der Waals surface area contributed by atoms with Crippen LogP contribution < -0.4 is 0 Å². The van der Waals surface area contributed by atoms with E-state index in [4.69, 9.17) is 9.26 Å². The van der Waals surface area contributed by atoms with Crippen LogP contribution in [0.1, 0.15) is 33.5 Å². The number of nitrogens with zero attached hydrogens (tertiary/aromatic N) is 5. The topological polar surface area (TPSA) is 94.2 Å². The van der Waals surface area contributed by atoms with Crippen LogP contribution in [-0.4, -0.2) is 48.6 Å². The lowest BCUT2D eigenvalue weighted by molar-refractivity contribution is 0.0234. The fraction of sp³-hybridized carbons (Fsp3) is 0.471. The van der Waals surface area contributed by atoms with E-state index in [1.54, 1.807) is 7.05 Å². The van der Waals surface area contributed by atoms with Crippen molar-refractivity contribution < 1.29 is 14.1 Å². The molecule has 0 aliphatic heterocycles. The monoisotopic (exact) mass is 375 g/mol. The first-order valence-corrected chi connectivity index (χ1v) is 8.97. The predicted octanol–water partition coefficient (Wildman–Crippen LogP) is 3.54. The summed E-state index contributed by atoms with van der Waals surface area (Å²) < 4.78 is 19.1. The van der Waals surface area contributed by atoms with Crippen molar-refractivity contribution >= 4 is 28.9 Å². The van der Waals surface area contributed by atoms with E-state index in [2.05, 4.69) is 18.9 Å². The normalized spacial score (nSPS) is 13.0. The summed E-state index contributed by atoms with van der Waals surface area (Å²) in [6.07, 6.45) is 0.0786. The number of carbonyl (C=O) groups is 1. The summed E-state index contributed by atoms with van der Waals surface area (Å²) in [5.41, 5.74) is 1.89. The molecule has 1 aromatic carbocycles. The number of amides is 1. The minimum absolute atomic E-state index is 0.138. The van der Waals surface area contributed by atoms with E-state index in [0.717, 1.165) is 28.3 Å². The standard InChI is InChI=1S/C17H21N5O3S/c1-10(22(5)16(23)24-17(2,3)4)8-14-18-15(25-19-14)11-6-7-12-13(9-11)21-26-20-12/h6-7,9-10H,8H2,1-5H3. The molecule has 0 bridgehead atoms. The van der Waals surface area contributed by atoms with Gasteiger partial charge < -0.3 is 14.2 Å². The van der Waals surface area contributed by atoms with Gasteiger partial charge in [0, 0.05) is 25.1 Å². The molecule has 3 aromatic rings. The molecule has 0 spiro atoms. The number of fused-ring (bicyclic) bond motifs is 1. The zero-order valence-corrected chi connectivity index (χ0v) is 16.2. The number of likely N-dealkylation sites (N-methyl/N-ethyl adjacent to an activating group) is 1. The van der Waals surface area contributed by atoms with Crippen LogP contribution in [-0.2, 0) is 11.2 Å². The molecular weight excluding hydrogens is 354 g/mol. The molecule has 1 atom stereocenters. The second-order valence-corrected chi connectivity index (χ2v) is 7.66. The average Bonchev–Trinajstić information content (AvgIpc) is 3.20. The second-order valence-electron chi connectivity index (χ2n) is 7.13. The number of aromatic nitrogens is 4. The van der Waals surface area contributed by atoms with Gasteiger partial charge in [-0.1, -0.05) is 5.16 Å². The Labute approximate surface area is 155 Å². The van der Waals surface area contributed by atoms with Crippen molar-refractivity contribution in [2.75, 3.05) is 7.05 Å². The third kappa shape index (κ3) is 4.16. The number of rotatable bonds is 4. The Hall–Kier alpha value is -2.55. The Balaban J connectivity index is 1.68. The molecule has 9 heteroatoms. The highest BCUT2D eigenvalue weighted by molar-refractivity contribution is 7.00. The number of hydrogen-bond acceptors (Lipinski definition) is 8. The molecule has 0 saturated carbocycles. The fourth-order valence-corrected chi connectivity index (χ4v) is 2.80. The molecule has 2 heterocycles. The molecule has 26 heavy (non-hydrogen) atoms. The van der Waals surface area contributed by atoms with Crippen LogP contribution in [0.4, 0.5) is 4.79 Å². The van der Waals surface area contributed by atoms with E-state index < -0.39 is 5.60 Å². The Morgan fingerprint density at radius 2 is 2.04 bits per heavy atom. The smallest absolute Gasteiger partial charge is 0.410 e. The molecule has 0 N–H and O–H groups in total. The molecule has 138 valence electrons. The molecule has 1 unspecified atom stereocenters. The minimum Gasteiger partial charge on any atom is -0.444 e. The van der Waals surface area contributed by atoms with Gasteiger partial charge in [0.2, 0.25) is 0 Å². The first kappa shape index (κ1) is 18.2. The lowest BCUT2D eigenvalue weighted by Crippen LogP contribution is -2.40. The van der Waals surface area contributed by atoms with E-state index in [1.807, 2.05) is 45.9 Å². The van der Waals surface area contributed by atoms with Gasteiger partial charge in [0.05, 0.1) is 11.7 Å². The molecule has 0 aliphatic carbocycles. The van der Waals surface area contributed by atoms with Gasteiger partial charge in [0.15, 0.2) is 5.82 Å². The largest absolute Gasteiger partial charge is 0.444 e. The van der Waals surface area contributed by atoms with Crippen molar-refractivity contribution in [1.29, 1.82) is 0 Å². The maximum absolute atomic E-state index is 12.1. The summed E-state index contributed by atoms with van der Waals surface area (Å²) in [5, 5.41) is 4.02. The summed E-state index contributed by atoms with van der Waals surface area (Å²) in [4.78, 5) is 18.1. The molecule has 0 saturated heterocycles. The highest BCUT2D eigenvalue weighted by Gasteiger charge is 2.24. The van der Waals surface area contributed by atoms with E-state index in [0.29, 0.717) is 18.1 Å². The molecule has 1 amide bonds. The van der Waals surface area contributed by atoms with Gasteiger partial charge in [-0.2, -0.15) is 13.7 Å². The van der Waals surface area contributed by atoms with E-state index in [9.17, 15) is 4.79 Å². The van der Waals surface area contributed by atoms with E-state index >= 15 is 0 Å². The predicted molar refractivity (Wildman–Crippen MR) is 97.9 cm³/mol. The molecule has 8 nitrogen and oxygen atoms in total. The van der Waals surface area contributed by atoms with Crippen LogP contribution in [0.5, 0.6) is 0 Å². The summed E-state index contributed by atoms with van der Waals surface area (Å²) in [6, 6.07) is 5.47. The minimum atomic E-state index is -0.534. The Morgan fingerprint density at radius 3 is 2.77 bits per heavy atom. The Bertz CT molecular complexity index is 914. The van der Waals surface area contributed by atoms with Crippen molar-refractivity contribution in [2.24, 2.45) is 0 Å². The van der Waals surface area contributed by atoms with Gasteiger partial charge in [-0.3, -0.25) is 0 Å². The van der Waals surface area contributed by atoms with Crippen LogP contribution >= 0.6 is 11.7 Å². The highest BCUT2D eigenvalue weighted by atomic mass is 32.1. The third-order valence-corrected chi connectivity index (χ3v) is 4.35. The van der Waals surface area contributed by atoms with Crippen LogP contribution in [0.15, 0.2) is 22.7 Å². The van der Waals surface area contributed by atoms with Crippen molar-refractivity contribution in [2.45, 2.75) is 45.8 Å². The zero-order chi connectivity index (χ0) is 18.9. The maximum Gasteiger partial charge on any atom is 0.410 e. The lowest BCUT2D eigenvalue weighted by atomic mass is 10.2. The zero-order valence-electron chi connectivity index (χ0n) is 15.4. The van der Waals surface area contributed by atoms with Crippen molar-refractivity contribution in [3.8, 4) is 11.5 Å². The maximum atomic E-state index is 12.1. The summed E-state index contributed by atoms with van der Waals surface area (Å²) in [7, 11) is 1.70. The summed E-state index contributed by atoms with van der Waals surface area (Å²) in [6.45, 7) is 7.42. The van der Waals surface area contributed by atoms with Gasteiger partial charge in [-0.15, -0.1) is 0 Å². The van der Waals surface area contributed by atoms with Gasteiger partial charge in [-0.05, 0) is 45.9 Å². The molecule has 3 rings (SSSR count). The lowest BCUT2D eigenvalue weighted by Gasteiger charge is -2.28. The first-order chi connectivity index (χ1) is 12.2. The summed E-state index contributed by atoms with van der Waals surface area (Å²) in [5.74, 6) is 0.946. The third-order valence-electron chi connectivity index (χ3n) is 3.79. The number of benzene rings is 1. The van der Waals surface area contributed by atoms with Gasteiger partial charge in [0.25, 0.3) is 5.89 Å². The summed E-state index contributed by atoms with van der Waals surface area (Å²) >= 11 is 1.16. The highest BCUT2D eigenvalue weighted by Crippen LogP contribution is 2.22. The SMILES string of the molecule is CC(Cc1noc(-c2ccc3nsnc3c2)n1)N(C)C(=O)OC(C)(C)C. The van der Waals surface area contributed by atoms with Gasteiger partial charge in [0.1, 0.15) is 16.6 Å². The second kappa shape index (κ2) is 6.99. The van der Waals surface area contributed by atoms with Gasteiger partial charge >= 0.3 is 6.09 Å². The average molecular weight is 375 g/mol. The molecular formula is C17H21N5O3S. The number of hydrogen-bond donors (Lipinski definition) is 0. The van der Waals surface area contributed by atoms with Gasteiger partial charge in [-0.25, -0.2) is 4.79 Å². The molecule has 2 aromatic heterocycles. The number of ether oxygens (including phenoxy) is 1. The Morgan fingerprint density at radius 1 is 1.31 bits per heavy atom. The number of carbonyl (C=O) groups excluding carboxylic acids is 1. The van der Waals surface area contributed by atoms with Crippen molar-refractivity contribution in [3.05, 3.63) is 24.0 Å². The van der Waals surface area contributed by atoms with E-state index in [-0.39, 0.29) is 12.1 Å². The van der Waals surface area contributed by atoms with Crippen LogP contribution in [0, 0.1) is 0 Å². The van der Waals surface area contributed by atoms with E-state index in [1.165, 1.54) is 4.90 Å². The molecule has 0 aliphatic rings. The quantitative estimate of drug-likeness (QED) is 0.688. The molecule has 0 radical (unpaired) electrons. The first-order valence-electron chi connectivity index (χ1n) is 8.24. The van der Waals surface area contributed by atoms with Crippen LogP contribution in [0.3, 0.4) is 0 Å².